The summed E-state index contributed by atoms with van der Waals surface area (Å²) in [5.41, 5.74) is -0.282. The molecule has 0 bridgehead atoms. The van der Waals surface area contributed by atoms with Crippen molar-refractivity contribution < 1.29 is 23.5 Å². The number of hydrogen-bond acceptors (Lipinski definition) is 3. The van der Waals surface area contributed by atoms with E-state index in [1.807, 2.05) is 0 Å². The summed E-state index contributed by atoms with van der Waals surface area (Å²) in [5.74, 6) is -2.94. The number of carboxylic acid groups (broad SMARTS) is 1. The largest absolute Gasteiger partial charge is 0.480 e. The van der Waals surface area contributed by atoms with Crippen molar-refractivity contribution in [2.24, 2.45) is 5.92 Å². The van der Waals surface area contributed by atoms with Gasteiger partial charge in [0, 0.05) is 11.8 Å². The Kier molecular flexibility index (Phi) is 3.61. The number of amides is 1. The lowest BCUT2D eigenvalue weighted by molar-refractivity contribution is -0.141. The Labute approximate surface area is 124 Å². The molecule has 1 aromatic carbocycles. The van der Waals surface area contributed by atoms with Crippen LogP contribution < -0.4 is 0 Å². The molecule has 4 nitrogen and oxygen atoms in total. The van der Waals surface area contributed by atoms with Crippen LogP contribution in [-0.2, 0) is 4.79 Å². The van der Waals surface area contributed by atoms with E-state index in [0.29, 0.717) is 11.8 Å². The zero-order chi connectivity index (χ0) is 15.1. The van der Waals surface area contributed by atoms with Gasteiger partial charge in [0.1, 0.15) is 17.7 Å². The summed E-state index contributed by atoms with van der Waals surface area (Å²) in [5, 5.41) is 9.02. The Morgan fingerprint density at radius 3 is 2.57 bits per heavy atom. The highest BCUT2D eigenvalue weighted by Gasteiger charge is 2.48. The second kappa shape index (κ2) is 5.29. The molecule has 1 aliphatic carbocycles. The highest BCUT2D eigenvalue weighted by molar-refractivity contribution is 8.00. The summed E-state index contributed by atoms with van der Waals surface area (Å²) < 4.78 is 26.7. The van der Waals surface area contributed by atoms with Crippen LogP contribution in [0.2, 0.25) is 0 Å². The molecule has 2 atom stereocenters. The quantitative estimate of drug-likeness (QED) is 0.930. The standard InChI is InChI=1S/C14H13F2NO3S/c15-8-3-4-9(10(16)5-8)12(18)17-11(14(19)20)6-21-13(17)7-1-2-7/h3-5,7,11,13H,1-2,6H2,(H,19,20). The molecule has 2 unspecified atom stereocenters. The Bertz CT molecular complexity index is 606. The van der Waals surface area contributed by atoms with E-state index in [1.54, 1.807) is 0 Å². The van der Waals surface area contributed by atoms with Crippen LogP contribution in [-0.4, -0.2) is 39.1 Å². The smallest absolute Gasteiger partial charge is 0.327 e. The van der Waals surface area contributed by atoms with Crippen LogP contribution >= 0.6 is 11.8 Å². The summed E-state index contributed by atoms with van der Waals surface area (Å²) in [6.07, 6.45) is 1.89. The number of halogens is 2. The van der Waals surface area contributed by atoms with Gasteiger partial charge in [-0.05, 0) is 30.9 Å². The van der Waals surface area contributed by atoms with Gasteiger partial charge in [0.2, 0.25) is 0 Å². The van der Waals surface area contributed by atoms with Crippen LogP contribution in [0.4, 0.5) is 8.78 Å². The molecule has 1 saturated heterocycles. The Balaban J connectivity index is 1.93. The number of carbonyl (C=O) groups excluding carboxylic acids is 1. The molecule has 0 aromatic heterocycles. The third-order valence-electron chi connectivity index (χ3n) is 3.74. The number of benzene rings is 1. The molecule has 1 saturated carbocycles. The lowest BCUT2D eigenvalue weighted by atomic mass is 10.1. The predicted molar refractivity (Wildman–Crippen MR) is 72.9 cm³/mol. The summed E-state index contributed by atoms with van der Waals surface area (Å²) in [4.78, 5) is 25.1. The van der Waals surface area contributed by atoms with E-state index in [4.69, 9.17) is 0 Å². The van der Waals surface area contributed by atoms with Gasteiger partial charge in [-0.25, -0.2) is 13.6 Å². The maximum atomic E-state index is 13.8. The number of carbonyl (C=O) groups is 2. The van der Waals surface area contributed by atoms with Crippen LogP contribution in [0.1, 0.15) is 23.2 Å². The third-order valence-corrected chi connectivity index (χ3v) is 5.20. The molecular weight excluding hydrogens is 300 g/mol. The molecule has 0 radical (unpaired) electrons. The summed E-state index contributed by atoms with van der Waals surface area (Å²) >= 11 is 1.42. The molecule has 1 N–H and O–H groups in total. The van der Waals surface area contributed by atoms with Crippen molar-refractivity contribution in [3.8, 4) is 0 Å². The van der Waals surface area contributed by atoms with Crippen molar-refractivity contribution in [1.29, 1.82) is 0 Å². The van der Waals surface area contributed by atoms with Gasteiger partial charge < -0.3 is 10.0 Å². The highest BCUT2D eigenvalue weighted by Crippen LogP contribution is 2.46. The SMILES string of the molecule is O=C(O)C1CSC(C2CC2)N1C(=O)c1ccc(F)cc1F. The number of nitrogens with zero attached hydrogens (tertiary/aromatic N) is 1. The summed E-state index contributed by atoms with van der Waals surface area (Å²) in [7, 11) is 0. The topological polar surface area (TPSA) is 57.6 Å². The van der Waals surface area contributed by atoms with Gasteiger partial charge in [-0.3, -0.25) is 4.79 Å². The van der Waals surface area contributed by atoms with Crippen LogP contribution in [0.15, 0.2) is 18.2 Å². The molecule has 0 spiro atoms. The van der Waals surface area contributed by atoms with Gasteiger partial charge in [-0.2, -0.15) is 0 Å². The van der Waals surface area contributed by atoms with Gasteiger partial charge in [-0.15, -0.1) is 11.8 Å². The Morgan fingerprint density at radius 2 is 2.00 bits per heavy atom. The average molecular weight is 313 g/mol. The number of carboxylic acids is 1. The monoisotopic (exact) mass is 313 g/mol. The molecule has 1 aliphatic heterocycles. The number of hydrogen-bond donors (Lipinski definition) is 1. The van der Waals surface area contributed by atoms with Crippen LogP contribution in [0.3, 0.4) is 0 Å². The van der Waals surface area contributed by atoms with E-state index in [2.05, 4.69) is 0 Å². The molecule has 7 heteroatoms. The number of aliphatic carboxylic acids is 1. The number of thioether (sulfide) groups is 1. The maximum absolute atomic E-state index is 13.8. The maximum Gasteiger partial charge on any atom is 0.327 e. The van der Waals surface area contributed by atoms with Gasteiger partial charge in [0.15, 0.2) is 0 Å². The van der Waals surface area contributed by atoms with E-state index >= 15 is 0 Å². The predicted octanol–water partition coefficient (Wildman–Crippen LogP) is 2.34. The van der Waals surface area contributed by atoms with Crippen molar-refractivity contribution in [2.45, 2.75) is 24.3 Å². The molecule has 21 heavy (non-hydrogen) atoms. The minimum absolute atomic E-state index is 0.233. The zero-order valence-corrected chi connectivity index (χ0v) is 11.8. The normalized spacial score (nSPS) is 25.1. The molecule has 2 fully saturated rings. The van der Waals surface area contributed by atoms with Gasteiger partial charge >= 0.3 is 5.97 Å². The van der Waals surface area contributed by atoms with E-state index in [0.717, 1.165) is 25.0 Å². The third kappa shape index (κ3) is 2.62. The minimum Gasteiger partial charge on any atom is -0.480 e. The molecule has 3 rings (SSSR count). The fourth-order valence-corrected chi connectivity index (χ4v) is 4.15. The first kappa shape index (κ1) is 14.3. The zero-order valence-electron chi connectivity index (χ0n) is 11.0. The summed E-state index contributed by atoms with van der Waals surface area (Å²) in [6.45, 7) is 0. The lowest BCUT2D eigenvalue weighted by Gasteiger charge is -2.27. The van der Waals surface area contributed by atoms with Crippen LogP contribution in [0.25, 0.3) is 0 Å². The van der Waals surface area contributed by atoms with Gasteiger partial charge in [-0.1, -0.05) is 0 Å². The van der Waals surface area contributed by atoms with Gasteiger partial charge in [0.25, 0.3) is 5.91 Å². The first-order valence-electron chi connectivity index (χ1n) is 6.61. The minimum atomic E-state index is -1.10. The van der Waals surface area contributed by atoms with E-state index < -0.39 is 29.6 Å². The van der Waals surface area contributed by atoms with Crippen molar-refractivity contribution in [2.75, 3.05) is 5.75 Å². The summed E-state index contributed by atoms with van der Waals surface area (Å²) in [6, 6.07) is 1.75. The van der Waals surface area contributed by atoms with Crippen LogP contribution in [0, 0.1) is 17.6 Å². The average Bonchev–Trinajstić information content (AvgIpc) is 3.16. The highest BCUT2D eigenvalue weighted by atomic mass is 32.2. The Hall–Kier alpha value is -1.63. The first-order chi connectivity index (χ1) is 9.99. The van der Waals surface area contributed by atoms with E-state index in [-0.39, 0.29) is 16.9 Å². The second-order valence-corrected chi connectivity index (χ2v) is 6.40. The van der Waals surface area contributed by atoms with Crippen molar-refractivity contribution >= 4 is 23.6 Å². The molecule has 1 heterocycles. The van der Waals surface area contributed by atoms with E-state index in [9.17, 15) is 23.5 Å². The molecule has 1 amide bonds. The fraction of sp³-hybridized carbons (Fsp3) is 0.429. The molecule has 112 valence electrons. The van der Waals surface area contributed by atoms with Crippen molar-refractivity contribution in [3.05, 3.63) is 35.4 Å². The molecule has 1 aromatic rings. The van der Waals surface area contributed by atoms with Gasteiger partial charge in [0.05, 0.1) is 10.9 Å². The molecule has 2 aliphatic rings. The first-order valence-corrected chi connectivity index (χ1v) is 7.66. The number of rotatable bonds is 3. The second-order valence-electron chi connectivity index (χ2n) is 5.25. The van der Waals surface area contributed by atoms with Crippen molar-refractivity contribution in [3.63, 3.8) is 0 Å². The lowest BCUT2D eigenvalue weighted by Crippen LogP contribution is -2.46. The Morgan fingerprint density at radius 1 is 1.29 bits per heavy atom. The fourth-order valence-electron chi connectivity index (χ4n) is 2.52. The van der Waals surface area contributed by atoms with E-state index in [1.165, 1.54) is 16.7 Å². The van der Waals surface area contributed by atoms with Crippen LogP contribution in [0.5, 0.6) is 0 Å². The van der Waals surface area contributed by atoms with Crippen molar-refractivity contribution in [1.82, 2.24) is 4.90 Å². The molecular formula is C14H13F2NO3S.